The Morgan fingerprint density at radius 1 is 1.04 bits per heavy atom. The van der Waals surface area contributed by atoms with Crippen LogP contribution in [0.4, 0.5) is 4.39 Å². The minimum Gasteiger partial charge on any atom is -0.483 e. The summed E-state index contributed by atoms with van der Waals surface area (Å²) in [5.74, 6) is 0.274. The third kappa shape index (κ3) is 3.61. The molecule has 0 amide bonds. The maximum Gasteiger partial charge on any atom is 0.176 e. The number of benzene rings is 3. The number of fused-ring (bicyclic) bond motifs is 1. The molecule has 0 aliphatic rings. The lowest BCUT2D eigenvalue weighted by Gasteiger charge is -2.07. The van der Waals surface area contributed by atoms with Crippen LogP contribution in [0.5, 0.6) is 5.75 Å². The molecule has 0 radical (unpaired) electrons. The molecule has 28 heavy (non-hydrogen) atoms. The fraction of sp³-hybridized carbons (Fsp3) is 0.0952. The lowest BCUT2D eigenvalue weighted by Crippen LogP contribution is -1.99. The molecule has 0 bridgehead atoms. The average Bonchev–Trinajstić information content (AvgIpc) is 3.09. The lowest BCUT2D eigenvalue weighted by molar-refractivity contribution is 0.282. The quantitative estimate of drug-likeness (QED) is 0.544. The van der Waals surface area contributed by atoms with Crippen molar-refractivity contribution in [3.05, 3.63) is 78.4 Å². The Labute approximate surface area is 161 Å². The zero-order valence-corrected chi connectivity index (χ0v) is 15.8. The summed E-state index contributed by atoms with van der Waals surface area (Å²) in [4.78, 5) is 7.86. The zero-order chi connectivity index (χ0) is 19.7. The first kappa shape index (κ1) is 18.2. The van der Waals surface area contributed by atoms with E-state index in [2.05, 4.69) is 9.97 Å². The number of ether oxygens (including phenoxy) is 1. The number of hydrogen-bond acceptors (Lipinski definition) is 4. The van der Waals surface area contributed by atoms with Gasteiger partial charge in [0.1, 0.15) is 12.4 Å². The second-order valence-corrected chi connectivity index (χ2v) is 8.39. The Bertz CT molecular complexity index is 1270. The minimum absolute atomic E-state index is 0.0882. The van der Waals surface area contributed by atoms with Gasteiger partial charge in [0.15, 0.2) is 21.4 Å². The summed E-state index contributed by atoms with van der Waals surface area (Å²) < 4.78 is 43.3. The molecule has 0 atom stereocenters. The van der Waals surface area contributed by atoms with Crippen molar-refractivity contribution in [1.82, 2.24) is 9.97 Å². The molecule has 0 saturated heterocycles. The Hall–Kier alpha value is -3.19. The predicted octanol–water partition coefficient (Wildman–Crippen LogP) is 4.35. The van der Waals surface area contributed by atoms with E-state index in [0.29, 0.717) is 16.9 Å². The first-order valence-corrected chi connectivity index (χ1v) is 10.5. The Kier molecular flexibility index (Phi) is 4.60. The van der Waals surface area contributed by atoms with Gasteiger partial charge in [-0.2, -0.15) is 0 Å². The number of hydrogen-bond donors (Lipinski definition) is 1. The number of sulfone groups is 1. The molecule has 1 N–H and O–H groups in total. The van der Waals surface area contributed by atoms with Gasteiger partial charge in [-0.25, -0.2) is 17.8 Å². The number of nitrogens with zero attached hydrogens (tertiary/aromatic N) is 1. The summed E-state index contributed by atoms with van der Waals surface area (Å²) in [5.41, 5.74) is 2.85. The zero-order valence-electron chi connectivity index (χ0n) is 15.0. The van der Waals surface area contributed by atoms with E-state index in [-0.39, 0.29) is 17.3 Å². The molecule has 1 heterocycles. The lowest BCUT2D eigenvalue weighted by atomic mass is 10.1. The monoisotopic (exact) mass is 396 g/mol. The Balaban J connectivity index is 1.65. The van der Waals surface area contributed by atoms with Crippen LogP contribution < -0.4 is 4.74 Å². The topological polar surface area (TPSA) is 72.1 Å². The highest BCUT2D eigenvalue weighted by Gasteiger charge is 2.15. The van der Waals surface area contributed by atoms with Crippen LogP contribution in [-0.4, -0.2) is 24.6 Å². The molecular formula is C21H17FN2O3S. The van der Waals surface area contributed by atoms with Gasteiger partial charge in [-0.15, -0.1) is 0 Å². The molecule has 0 saturated carbocycles. The number of rotatable bonds is 5. The number of aromatic amines is 1. The number of aromatic nitrogens is 2. The summed E-state index contributed by atoms with van der Waals surface area (Å²) in [5, 5.41) is 0. The van der Waals surface area contributed by atoms with E-state index in [0.717, 1.165) is 11.1 Å². The van der Waals surface area contributed by atoms with Crippen molar-refractivity contribution >= 4 is 20.9 Å². The van der Waals surface area contributed by atoms with Crippen LogP contribution in [0.3, 0.4) is 0 Å². The van der Waals surface area contributed by atoms with Crippen LogP contribution in [0.15, 0.2) is 71.6 Å². The molecule has 0 unspecified atom stereocenters. The van der Waals surface area contributed by atoms with Gasteiger partial charge in [-0.3, -0.25) is 0 Å². The van der Waals surface area contributed by atoms with Crippen molar-refractivity contribution in [2.24, 2.45) is 0 Å². The van der Waals surface area contributed by atoms with E-state index in [1.54, 1.807) is 42.5 Å². The highest BCUT2D eigenvalue weighted by atomic mass is 32.2. The van der Waals surface area contributed by atoms with Gasteiger partial charge in [0.25, 0.3) is 0 Å². The molecule has 142 valence electrons. The average molecular weight is 396 g/mol. The van der Waals surface area contributed by atoms with E-state index >= 15 is 0 Å². The van der Waals surface area contributed by atoms with Gasteiger partial charge in [0, 0.05) is 11.8 Å². The van der Waals surface area contributed by atoms with Gasteiger partial charge in [-0.05, 0) is 35.9 Å². The number of nitrogens with one attached hydrogen (secondary N) is 1. The third-order valence-electron chi connectivity index (χ3n) is 4.33. The molecule has 1 aromatic heterocycles. The summed E-state index contributed by atoms with van der Waals surface area (Å²) in [6.07, 6.45) is 1.19. The molecule has 0 spiro atoms. The first-order valence-electron chi connectivity index (χ1n) is 8.57. The number of halogens is 1. The number of imidazole rings is 1. The van der Waals surface area contributed by atoms with Crippen LogP contribution in [0.25, 0.3) is 22.2 Å². The molecule has 4 aromatic rings. The molecule has 0 fully saturated rings. The van der Waals surface area contributed by atoms with Gasteiger partial charge < -0.3 is 9.72 Å². The Morgan fingerprint density at radius 2 is 1.79 bits per heavy atom. The van der Waals surface area contributed by atoms with Crippen LogP contribution in [-0.2, 0) is 16.4 Å². The first-order chi connectivity index (χ1) is 13.4. The Morgan fingerprint density at radius 3 is 2.57 bits per heavy atom. The normalized spacial score (nSPS) is 11.6. The van der Waals surface area contributed by atoms with E-state index in [4.69, 9.17) is 4.74 Å². The van der Waals surface area contributed by atoms with Gasteiger partial charge in [-0.1, -0.05) is 36.4 Å². The van der Waals surface area contributed by atoms with E-state index in [1.165, 1.54) is 12.3 Å². The van der Waals surface area contributed by atoms with E-state index < -0.39 is 15.7 Å². The summed E-state index contributed by atoms with van der Waals surface area (Å²) in [6.45, 7) is 0.0882. The standard InChI is InChI=1S/C21H17FN2O3S/c1-28(25,26)20-9-5-2-6-15(20)14-10-11-17-18(12-14)24-21(23-17)13-27-19-8-4-3-7-16(19)22/h2-12H,13H2,1H3,(H,23,24). The summed E-state index contributed by atoms with van der Waals surface area (Å²) in [7, 11) is -3.35. The maximum atomic E-state index is 13.7. The molecular weight excluding hydrogens is 379 g/mol. The fourth-order valence-electron chi connectivity index (χ4n) is 3.03. The molecule has 0 aliphatic heterocycles. The maximum absolute atomic E-state index is 13.7. The minimum atomic E-state index is -3.35. The van der Waals surface area contributed by atoms with Gasteiger partial charge in [0.05, 0.1) is 15.9 Å². The molecule has 7 heteroatoms. The van der Waals surface area contributed by atoms with Gasteiger partial charge >= 0.3 is 0 Å². The van der Waals surface area contributed by atoms with Crippen molar-refractivity contribution < 1.29 is 17.5 Å². The van der Waals surface area contributed by atoms with Gasteiger partial charge in [0.2, 0.25) is 0 Å². The van der Waals surface area contributed by atoms with Crippen molar-refractivity contribution in [2.45, 2.75) is 11.5 Å². The summed E-state index contributed by atoms with van der Waals surface area (Å²) in [6, 6.07) is 18.5. The second-order valence-electron chi connectivity index (χ2n) is 6.40. The fourth-order valence-corrected chi connectivity index (χ4v) is 3.95. The van der Waals surface area contributed by atoms with Crippen molar-refractivity contribution in [2.75, 3.05) is 6.26 Å². The molecule has 5 nitrogen and oxygen atoms in total. The predicted molar refractivity (Wildman–Crippen MR) is 105 cm³/mol. The van der Waals surface area contributed by atoms with Crippen LogP contribution in [0, 0.1) is 5.82 Å². The van der Waals surface area contributed by atoms with Crippen LogP contribution in [0.1, 0.15) is 5.82 Å². The molecule has 0 aliphatic carbocycles. The SMILES string of the molecule is CS(=O)(=O)c1ccccc1-c1ccc2nc(COc3ccccc3F)[nH]c2c1. The smallest absolute Gasteiger partial charge is 0.176 e. The van der Waals surface area contributed by atoms with E-state index in [9.17, 15) is 12.8 Å². The highest BCUT2D eigenvalue weighted by molar-refractivity contribution is 7.90. The number of para-hydroxylation sites is 1. The van der Waals surface area contributed by atoms with Crippen LogP contribution in [0.2, 0.25) is 0 Å². The largest absolute Gasteiger partial charge is 0.483 e. The second kappa shape index (κ2) is 7.09. The summed E-state index contributed by atoms with van der Waals surface area (Å²) >= 11 is 0. The molecule has 3 aromatic carbocycles. The number of H-pyrrole nitrogens is 1. The van der Waals surface area contributed by atoms with Crippen molar-refractivity contribution in [3.63, 3.8) is 0 Å². The van der Waals surface area contributed by atoms with Crippen molar-refractivity contribution in [3.8, 4) is 16.9 Å². The van der Waals surface area contributed by atoms with Crippen LogP contribution >= 0.6 is 0 Å². The highest BCUT2D eigenvalue weighted by Crippen LogP contribution is 2.29. The third-order valence-corrected chi connectivity index (χ3v) is 5.48. The van der Waals surface area contributed by atoms with E-state index in [1.807, 2.05) is 18.2 Å². The molecule has 4 rings (SSSR count). The van der Waals surface area contributed by atoms with Crippen molar-refractivity contribution in [1.29, 1.82) is 0 Å².